The van der Waals surface area contributed by atoms with Crippen LogP contribution < -0.4 is 5.32 Å². The van der Waals surface area contributed by atoms with Crippen LogP contribution in [-0.2, 0) is 22.4 Å². The van der Waals surface area contributed by atoms with Crippen LogP contribution in [0.3, 0.4) is 0 Å². The average Bonchev–Trinajstić information content (AvgIpc) is 2.54. The quantitative estimate of drug-likeness (QED) is 0.773. The van der Waals surface area contributed by atoms with Crippen molar-refractivity contribution in [1.82, 2.24) is 5.32 Å². The zero-order valence-corrected chi connectivity index (χ0v) is 14.1. The van der Waals surface area contributed by atoms with Crippen molar-refractivity contribution in [2.45, 2.75) is 32.2 Å². The van der Waals surface area contributed by atoms with Crippen LogP contribution in [0, 0.1) is 11.7 Å². The van der Waals surface area contributed by atoms with Gasteiger partial charge in [0.1, 0.15) is 11.9 Å². The standard InChI is InChI=1S/C20H22FNO3/c1-14(10-16-8-5-9-17(21)12-16)11-19(23)22-18(20(24)25)13-15-6-3-2-4-7-15/h2-9,12,14,18H,10-11,13H2,1H3,(H,22,23)(H,24,25)/t14?,18-/m1/s1. The Morgan fingerprint density at radius 1 is 1.04 bits per heavy atom. The van der Waals surface area contributed by atoms with Gasteiger partial charge in [-0.15, -0.1) is 0 Å². The van der Waals surface area contributed by atoms with Gasteiger partial charge < -0.3 is 10.4 Å². The van der Waals surface area contributed by atoms with E-state index in [0.29, 0.717) is 6.42 Å². The van der Waals surface area contributed by atoms with Gasteiger partial charge in [0.05, 0.1) is 0 Å². The molecule has 0 aromatic heterocycles. The molecule has 25 heavy (non-hydrogen) atoms. The number of halogens is 1. The molecule has 132 valence electrons. The minimum absolute atomic E-state index is 0.0204. The molecule has 0 aliphatic carbocycles. The molecule has 0 saturated heterocycles. The van der Waals surface area contributed by atoms with Gasteiger partial charge in [-0.25, -0.2) is 9.18 Å². The summed E-state index contributed by atoms with van der Waals surface area (Å²) in [5.41, 5.74) is 1.67. The highest BCUT2D eigenvalue weighted by atomic mass is 19.1. The smallest absolute Gasteiger partial charge is 0.326 e. The van der Waals surface area contributed by atoms with Gasteiger partial charge in [0.15, 0.2) is 0 Å². The molecule has 4 nitrogen and oxygen atoms in total. The van der Waals surface area contributed by atoms with E-state index in [0.717, 1.165) is 11.1 Å². The van der Waals surface area contributed by atoms with E-state index >= 15 is 0 Å². The summed E-state index contributed by atoms with van der Waals surface area (Å²) in [6, 6.07) is 14.5. The second-order valence-corrected chi connectivity index (χ2v) is 6.29. The van der Waals surface area contributed by atoms with E-state index in [-0.39, 0.29) is 30.5 Å². The molecule has 0 heterocycles. The number of aliphatic carboxylic acids is 1. The van der Waals surface area contributed by atoms with Crippen molar-refractivity contribution in [3.05, 3.63) is 71.5 Å². The molecule has 0 aliphatic rings. The molecule has 1 amide bonds. The molecule has 5 heteroatoms. The first kappa shape index (κ1) is 18.6. The van der Waals surface area contributed by atoms with E-state index in [9.17, 15) is 19.1 Å². The molecule has 0 fully saturated rings. The lowest BCUT2D eigenvalue weighted by Gasteiger charge is -2.17. The van der Waals surface area contributed by atoms with E-state index in [1.807, 2.05) is 43.3 Å². The number of hydrogen-bond donors (Lipinski definition) is 2. The van der Waals surface area contributed by atoms with Crippen molar-refractivity contribution in [2.75, 3.05) is 0 Å². The predicted molar refractivity (Wildman–Crippen MR) is 93.6 cm³/mol. The molecule has 0 spiro atoms. The van der Waals surface area contributed by atoms with E-state index < -0.39 is 12.0 Å². The molecule has 2 atom stereocenters. The maximum atomic E-state index is 13.2. The molecular weight excluding hydrogens is 321 g/mol. The Hall–Kier alpha value is -2.69. The predicted octanol–water partition coefficient (Wildman–Crippen LogP) is 3.21. The van der Waals surface area contributed by atoms with Crippen molar-refractivity contribution in [3.63, 3.8) is 0 Å². The third-order valence-corrected chi connectivity index (χ3v) is 3.92. The molecule has 0 bridgehead atoms. The number of nitrogens with one attached hydrogen (secondary N) is 1. The Balaban J connectivity index is 1.89. The largest absolute Gasteiger partial charge is 0.480 e. The monoisotopic (exact) mass is 343 g/mol. The maximum absolute atomic E-state index is 13.2. The maximum Gasteiger partial charge on any atom is 0.326 e. The number of benzene rings is 2. The van der Waals surface area contributed by atoms with Gasteiger partial charge in [-0.05, 0) is 35.6 Å². The number of rotatable bonds is 8. The van der Waals surface area contributed by atoms with Crippen molar-refractivity contribution >= 4 is 11.9 Å². The summed E-state index contributed by atoms with van der Waals surface area (Å²) in [6.45, 7) is 1.89. The van der Waals surface area contributed by atoms with Crippen LogP contribution in [0.15, 0.2) is 54.6 Å². The van der Waals surface area contributed by atoms with Crippen LogP contribution in [-0.4, -0.2) is 23.0 Å². The number of carbonyl (C=O) groups is 2. The highest BCUT2D eigenvalue weighted by molar-refractivity contribution is 5.83. The number of amides is 1. The van der Waals surface area contributed by atoms with Crippen molar-refractivity contribution in [1.29, 1.82) is 0 Å². The summed E-state index contributed by atoms with van der Waals surface area (Å²) in [5.74, 6) is -1.70. The number of carbonyl (C=O) groups excluding carboxylic acids is 1. The summed E-state index contributed by atoms with van der Waals surface area (Å²) in [5, 5.41) is 11.9. The Labute approximate surface area is 146 Å². The van der Waals surface area contributed by atoms with E-state index in [1.54, 1.807) is 6.07 Å². The molecule has 1 unspecified atom stereocenters. The first-order chi connectivity index (χ1) is 11.9. The SMILES string of the molecule is CC(CC(=O)N[C@H](Cc1ccccc1)C(=O)O)Cc1cccc(F)c1. The summed E-state index contributed by atoms with van der Waals surface area (Å²) < 4.78 is 13.2. The molecule has 2 N–H and O–H groups in total. The molecular formula is C20H22FNO3. The Morgan fingerprint density at radius 3 is 2.36 bits per heavy atom. The number of carboxylic acid groups (broad SMARTS) is 1. The minimum atomic E-state index is -1.06. The Morgan fingerprint density at radius 2 is 1.72 bits per heavy atom. The normalized spacial score (nSPS) is 13.0. The second-order valence-electron chi connectivity index (χ2n) is 6.29. The molecule has 2 rings (SSSR count). The lowest BCUT2D eigenvalue weighted by atomic mass is 9.97. The highest BCUT2D eigenvalue weighted by Gasteiger charge is 2.21. The third kappa shape index (κ3) is 6.37. The lowest BCUT2D eigenvalue weighted by Crippen LogP contribution is -2.42. The van der Waals surface area contributed by atoms with Crippen LogP contribution >= 0.6 is 0 Å². The van der Waals surface area contributed by atoms with Crippen molar-refractivity contribution in [2.24, 2.45) is 5.92 Å². The third-order valence-electron chi connectivity index (χ3n) is 3.92. The van der Waals surface area contributed by atoms with Crippen molar-refractivity contribution in [3.8, 4) is 0 Å². The van der Waals surface area contributed by atoms with Crippen LogP contribution in [0.1, 0.15) is 24.5 Å². The molecule has 2 aromatic carbocycles. The fraction of sp³-hybridized carbons (Fsp3) is 0.300. The second kappa shape index (κ2) is 8.97. The topological polar surface area (TPSA) is 66.4 Å². The van der Waals surface area contributed by atoms with Gasteiger partial charge >= 0.3 is 5.97 Å². The zero-order chi connectivity index (χ0) is 18.2. The Kier molecular flexibility index (Phi) is 6.69. The zero-order valence-electron chi connectivity index (χ0n) is 14.1. The fourth-order valence-corrected chi connectivity index (χ4v) is 2.76. The minimum Gasteiger partial charge on any atom is -0.480 e. The van der Waals surface area contributed by atoms with Crippen LogP contribution in [0.25, 0.3) is 0 Å². The van der Waals surface area contributed by atoms with Crippen LogP contribution in [0.4, 0.5) is 4.39 Å². The van der Waals surface area contributed by atoms with Gasteiger partial charge in [0.2, 0.25) is 5.91 Å². The van der Waals surface area contributed by atoms with Crippen molar-refractivity contribution < 1.29 is 19.1 Å². The van der Waals surface area contributed by atoms with E-state index in [1.165, 1.54) is 12.1 Å². The van der Waals surface area contributed by atoms with E-state index in [2.05, 4.69) is 5.32 Å². The summed E-state index contributed by atoms with van der Waals surface area (Å²) in [7, 11) is 0. The first-order valence-electron chi connectivity index (χ1n) is 8.24. The van der Waals surface area contributed by atoms with Gasteiger partial charge in [0.25, 0.3) is 0 Å². The number of hydrogen-bond acceptors (Lipinski definition) is 2. The van der Waals surface area contributed by atoms with Crippen LogP contribution in [0.2, 0.25) is 0 Å². The van der Waals surface area contributed by atoms with Crippen LogP contribution in [0.5, 0.6) is 0 Å². The molecule has 2 aromatic rings. The van der Waals surface area contributed by atoms with Gasteiger partial charge in [-0.1, -0.05) is 49.4 Å². The molecule has 0 radical (unpaired) electrons. The molecule has 0 saturated carbocycles. The average molecular weight is 343 g/mol. The summed E-state index contributed by atoms with van der Waals surface area (Å²) in [6.07, 6.45) is 0.983. The van der Waals surface area contributed by atoms with E-state index in [4.69, 9.17) is 0 Å². The molecule has 0 aliphatic heterocycles. The fourth-order valence-electron chi connectivity index (χ4n) is 2.76. The van der Waals surface area contributed by atoms with Gasteiger partial charge in [0, 0.05) is 12.8 Å². The highest BCUT2D eigenvalue weighted by Crippen LogP contribution is 2.13. The Bertz CT molecular complexity index is 718. The van der Waals surface area contributed by atoms with Gasteiger partial charge in [-0.3, -0.25) is 4.79 Å². The van der Waals surface area contributed by atoms with Gasteiger partial charge in [-0.2, -0.15) is 0 Å². The first-order valence-corrected chi connectivity index (χ1v) is 8.24. The summed E-state index contributed by atoms with van der Waals surface area (Å²) >= 11 is 0. The summed E-state index contributed by atoms with van der Waals surface area (Å²) in [4.78, 5) is 23.6. The lowest BCUT2D eigenvalue weighted by molar-refractivity contribution is -0.141. The number of carboxylic acids is 1.